The predicted octanol–water partition coefficient (Wildman–Crippen LogP) is 13.0. The van der Waals surface area contributed by atoms with Crippen molar-refractivity contribution in [3.63, 3.8) is 0 Å². The first-order valence-electron chi connectivity index (χ1n) is 24.9. The summed E-state index contributed by atoms with van der Waals surface area (Å²) in [5.74, 6) is 2.11. The van der Waals surface area contributed by atoms with Crippen LogP contribution in [0.4, 0.5) is 5.69 Å². The standard InChI is InChI=1S/C58H67N7O2/c1-36(2)52(38-16-10-8-11-17-38)56(66)63-32-14-20-50(63)54-59-44-28-22-40(34-46(44)61-54)48-30-31-49(65(48)43-26-24-42(25-27-43)58(5,6)7)41-23-29-45-47(35-41)62-55(60-45)51-21-15-33-64(51)57(67)53(37(3)4)39-18-12-9-13-19-39/h8-13,16-19,22-29,34-37,48-53H,14-15,20-21,30-33H2,1-7H3,(H,59,61)(H,60,62)/t48-,49?,50+,51+,52?,53?/m1/s1. The highest BCUT2D eigenvalue weighted by Gasteiger charge is 2.40. The van der Waals surface area contributed by atoms with E-state index in [1.165, 1.54) is 22.4 Å². The SMILES string of the molecule is CC(C)C(C(=O)N1CCC[C@H]1c1nc2ccc(C3CC[C@H](c4ccc5nc([C@@H]6CCCN6C(=O)C(c6ccccc6)C(C)C)[nH]c5c4)N3c3ccc(C(C)(C)C)cc3)cc2[nH]1)c1ccccc1. The monoisotopic (exact) mass is 894 g/mol. The average Bonchev–Trinajstić information content (AvgIpc) is 4.18. The van der Waals surface area contributed by atoms with E-state index in [1.54, 1.807) is 0 Å². The molecule has 0 radical (unpaired) electrons. The number of aromatic amines is 2. The van der Waals surface area contributed by atoms with Crippen LogP contribution in [0.15, 0.2) is 121 Å². The number of nitrogens with zero attached hydrogens (tertiary/aromatic N) is 5. The molecule has 9 nitrogen and oxygen atoms in total. The molecule has 0 saturated carbocycles. The van der Waals surface area contributed by atoms with E-state index < -0.39 is 0 Å². The van der Waals surface area contributed by atoms with Gasteiger partial charge in [0.15, 0.2) is 0 Å². The third-order valence-corrected chi connectivity index (χ3v) is 15.1. The normalized spacial score (nSPS) is 21.1. The number of carbonyl (C=O) groups excluding carboxylic acids is 2. The second kappa shape index (κ2) is 18.1. The summed E-state index contributed by atoms with van der Waals surface area (Å²) in [5.41, 5.74) is 11.1. The first kappa shape index (κ1) is 44.6. The van der Waals surface area contributed by atoms with Crippen LogP contribution in [0.3, 0.4) is 0 Å². The zero-order valence-electron chi connectivity index (χ0n) is 40.4. The van der Waals surface area contributed by atoms with Crippen LogP contribution in [-0.4, -0.2) is 54.6 Å². The number of aromatic nitrogens is 4. The fourth-order valence-corrected chi connectivity index (χ4v) is 11.7. The summed E-state index contributed by atoms with van der Waals surface area (Å²) in [4.78, 5) is 53.2. The second-order valence-corrected chi connectivity index (χ2v) is 21.3. The number of fused-ring (bicyclic) bond motifs is 2. The molecule has 0 aliphatic carbocycles. The molecular weight excluding hydrogens is 827 g/mol. The Balaban J connectivity index is 0.944. The first-order valence-corrected chi connectivity index (χ1v) is 24.9. The molecule has 5 aromatic carbocycles. The number of benzene rings is 5. The third-order valence-electron chi connectivity index (χ3n) is 15.1. The van der Waals surface area contributed by atoms with E-state index in [0.29, 0.717) is 0 Å². The summed E-state index contributed by atoms with van der Waals surface area (Å²) in [6.07, 6.45) is 5.69. The van der Waals surface area contributed by atoms with Crippen LogP contribution in [0.2, 0.25) is 0 Å². The lowest BCUT2D eigenvalue weighted by molar-refractivity contribution is -0.135. The molecule has 3 fully saturated rings. The molecule has 67 heavy (non-hydrogen) atoms. The zero-order chi connectivity index (χ0) is 46.6. The second-order valence-electron chi connectivity index (χ2n) is 21.3. The Hall–Kier alpha value is -6.22. The van der Waals surface area contributed by atoms with E-state index >= 15 is 0 Å². The van der Waals surface area contributed by atoms with E-state index in [2.05, 4.69) is 158 Å². The maximum absolute atomic E-state index is 14.3. The lowest BCUT2D eigenvalue weighted by Crippen LogP contribution is -2.37. The lowest BCUT2D eigenvalue weighted by atomic mass is 9.87. The minimum Gasteiger partial charge on any atom is -0.357 e. The van der Waals surface area contributed by atoms with Crippen molar-refractivity contribution in [2.75, 3.05) is 18.0 Å². The van der Waals surface area contributed by atoms with E-state index in [9.17, 15) is 9.59 Å². The maximum atomic E-state index is 14.3. The number of carbonyl (C=O) groups is 2. The molecule has 7 aromatic rings. The molecule has 2 N–H and O–H groups in total. The highest BCUT2D eigenvalue weighted by Crippen LogP contribution is 2.48. The Labute approximate surface area is 396 Å². The molecule has 2 amide bonds. The van der Waals surface area contributed by atoms with Gasteiger partial charge < -0.3 is 24.7 Å². The van der Waals surface area contributed by atoms with Gasteiger partial charge in [-0.2, -0.15) is 0 Å². The Morgan fingerprint density at radius 2 is 0.985 bits per heavy atom. The molecule has 9 heteroatoms. The molecule has 3 aliphatic rings. The molecule has 3 saturated heterocycles. The molecule has 6 atom stereocenters. The minimum absolute atomic E-state index is 0.0442. The summed E-state index contributed by atoms with van der Waals surface area (Å²) in [6.45, 7) is 16.9. The van der Waals surface area contributed by atoms with Gasteiger partial charge in [-0.05, 0) is 120 Å². The highest BCUT2D eigenvalue weighted by atomic mass is 16.2. The van der Waals surface area contributed by atoms with Crippen molar-refractivity contribution < 1.29 is 9.59 Å². The summed E-state index contributed by atoms with van der Waals surface area (Å²) in [5, 5.41) is 0. The van der Waals surface area contributed by atoms with Crippen LogP contribution in [0.25, 0.3) is 22.1 Å². The van der Waals surface area contributed by atoms with Crippen molar-refractivity contribution in [1.29, 1.82) is 0 Å². The zero-order valence-corrected chi connectivity index (χ0v) is 40.4. The maximum Gasteiger partial charge on any atom is 0.230 e. The highest BCUT2D eigenvalue weighted by molar-refractivity contribution is 5.86. The molecule has 3 aliphatic heterocycles. The molecule has 2 aromatic heterocycles. The fourth-order valence-electron chi connectivity index (χ4n) is 11.7. The lowest BCUT2D eigenvalue weighted by Gasteiger charge is -2.34. The van der Waals surface area contributed by atoms with Gasteiger partial charge in [-0.25, -0.2) is 9.97 Å². The van der Waals surface area contributed by atoms with Crippen molar-refractivity contribution in [2.45, 2.75) is 128 Å². The van der Waals surface area contributed by atoms with Gasteiger partial charge in [0.05, 0.1) is 58.1 Å². The van der Waals surface area contributed by atoms with Crippen LogP contribution in [0, 0.1) is 11.8 Å². The number of hydrogen-bond acceptors (Lipinski definition) is 5. The number of imidazole rings is 2. The topological polar surface area (TPSA) is 101 Å². The smallest absolute Gasteiger partial charge is 0.230 e. The number of H-pyrrole nitrogens is 2. The van der Waals surface area contributed by atoms with Gasteiger partial charge in [0.2, 0.25) is 11.8 Å². The number of rotatable bonds is 11. The van der Waals surface area contributed by atoms with E-state index in [0.717, 1.165) is 96.5 Å². The molecule has 3 unspecified atom stereocenters. The van der Waals surface area contributed by atoms with Gasteiger partial charge in [0.25, 0.3) is 0 Å². The Morgan fingerprint density at radius 3 is 1.39 bits per heavy atom. The number of likely N-dealkylation sites (tertiary alicyclic amines) is 2. The Morgan fingerprint density at radius 1 is 0.552 bits per heavy atom. The molecular formula is C58H67N7O2. The van der Waals surface area contributed by atoms with Crippen LogP contribution < -0.4 is 4.90 Å². The molecule has 10 rings (SSSR count). The van der Waals surface area contributed by atoms with Crippen molar-refractivity contribution in [1.82, 2.24) is 29.7 Å². The summed E-state index contributed by atoms with van der Waals surface area (Å²) >= 11 is 0. The van der Waals surface area contributed by atoms with Crippen molar-refractivity contribution in [3.05, 3.63) is 161 Å². The van der Waals surface area contributed by atoms with Gasteiger partial charge in [-0.15, -0.1) is 0 Å². The quantitative estimate of drug-likeness (QED) is 0.135. The number of hydrogen-bond donors (Lipinski definition) is 2. The van der Waals surface area contributed by atoms with Crippen LogP contribution >= 0.6 is 0 Å². The molecule has 0 bridgehead atoms. The largest absolute Gasteiger partial charge is 0.357 e. The summed E-state index contributed by atoms with van der Waals surface area (Å²) < 4.78 is 0. The van der Waals surface area contributed by atoms with Gasteiger partial charge in [0.1, 0.15) is 11.6 Å². The Kier molecular flexibility index (Phi) is 12.1. The average molecular weight is 894 g/mol. The van der Waals surface area contributed by atoms with Gasteiger partial charge >= 0.3 is 0 Å². The van der Waals surface area contributed by atoms with Gasteiger partial charge in [-0.3, -0.25) is 9.59 Å². The van der Waals surface area contributed by atoms with Crippen molar-refractivity contribution in [2.24, 2.45) is 11.8 Å². The molecule has 0 spiro atoms. The summed E-state index contributed by atoms with van der Waals surface area (Å²) in [7, 11) is 0. The fraction of sp³-hybridized carbons (Fsp3) is 0.414. The van der Waals surface area contributed by atoms with E-state index in [-0.39, 0.29) is 65.1 Å². The Bertz CT molecular complexity index is 2690. The van der Waals surface area contributed by atoms with E-state index in [1.807, 2.05) is 36.4 Å². The van der Waals surface area contributed by atoms with E-state index in [4.69, 9.17) is 9.97 Å². The van der Waals surface area contributed by atoms with Gasteiger partial charge in [-0.1, -0.05) is 133 Å². The third kappa shape index (κ3) is 8.55. The number of anilines is 1. The van der Waals surface area contributed by atoms with Gasteiger partial charge in [0, 0.05) is 18.8 Å². The van der Waals surface area contributed by atoms with Crippen LogP contribution in [0.1, 0.15) is 162 Å². The number of amides is 2. The van der Waals surface area contributed by atoms with Crippen LogP contribution in [-0.2, 0) is 15.0 Å². The minimum atomic E-state index is -0.191. The van der Waals surface area contributed by atoms with Crippen molar-refractivity contribution >= 4 is 39.6 Å². The van der Waals surface area contributed by atoms with Crippen molar-refractivity contribution in [3.8, 4) is 0 Å². The first-order chi connectivity index (χ1) is 32.3. The predicted molar refractivity (Wildman–Crippen MR) is 270 cm³/mol. The number of nitrogens with one attached hydrogen (secondary N) is 2. The summed E-state index contributed by atoms with van der Waals surface area (Å²) in [6, 6.07) is 43.3. The molecule has 346 valence electrons. The van der Waals surface area contributed by atoms with Crippen LogP contribution in [0.5, 0.6) is 0 Å². The molecule has 5 heterocycles.